The second-order valence-electron chi connectivity index (χ2n) is 8.27. The number of halogens is 4. The molecule has 0 aromatic heterocycles. The van der Waals surface area contributed by atoms with Crippen LogP contribution in [0, 0.1) is 21.0 Å². The van der Waals surface area contributed by atoms with Gasteiger partial charge in [0.15, 0.2) is 11.6 Å². The van der Waals surface area contributed by atoms with Crippen LogP contribution in [-0.4, -0.2) is 55.3 Å². The molecule has 0 spiro atoms. The Kier molecular flexibility index (Phi) is 11.4. The van der Waals surface area contributed by atoms with Crippen LogP contribution in [0.25, 0.3) is 0 Å². The molecule has 0 saturated carbocycles. The van der Waals surface area contributed by atoms with Gasteiger partial charge in [-0.15, -0.1) is 0 Å². The van der Waals surface area contributed by atoms with E-state index < -0.39 is 58.5 Å². The van der Waals surface area contributed by atoms with Gasteiger partial charge in [-0.1, -0.05) is 5.16 Å². The van der Waals surface area contributed by atoms with Crippen molar-refractivity contribution in [3.63, 3.8) is 0 Å². The minimum atomic E-state index is -1.49. The van der Waals surface area contributed by atoms with Crippen molar-refractivity contribution in [2.24, 2.45) is 5.16 Å². The second kappa shape index (κ2) is 14.0. The van der Waals surface area contributed by atoms with Crippen LogP contribution in [0.2, 0.25) is 0 Å². The van der Waals surface area contributed by atoms with Crippen molar-refractivity contribution in [2.45, 2.75) is 26.4 Å². The Morgan fingerprint density at radius 1 is 1.14 bits per heavy atom. The summed E-state index contributed by atoms with van der Waals surface area (Å²) in [6, 6.07) is 4.94. The number of benzene rings is 2. The van der Waals surface area contributed by atoms with Gasteiger partial charge in [0.1, 0.15) is 18.0 Å². The summed E-state index contributed by atoms with van der Waals surface area (Å²) in [5, 5.41) is 17.2. The minimum Gasteiger partial charge on any atom is -0.444 e. The van der Waals surface area contributed by atoms with Crippen LogP contribution in [0.5, 0.6) is 0 Å². The monoisotopic (exact) mass is 638 g/mol. The van der Waals surface area contributed by atoms with E-state index in [4.69, 9.17) is 19.5 Å². The molecule has 2 aromatic rings. The Hall–Kier alpha value is -3.11. The van der Waals surface area contributed by atoms with Crippen LogP contribution in [0.15, 0.2) is 29.4 Å². The number of carbonyl (C=O) groups is 2. The average Bonchev–Trinajstić information content (AvgIpc) is 2.80. The third kappa shape index (κ3) is 9.70. The molecule has 2 aromatic carbocycles. The van der Waals surface area contributed by atoms with Gasteiger partial charge in [-0.05, 0) is 67.6 Å². The summed E-state index contributed by atoms with van der Waals surface area (Å²) in [4.78, 5) is 33.9. The summed E-state index contributed by atoms with van der Waals surface area (Å²) < 4.78 is 49.8. The van der Waals surface area contributed by atoms with E-state index in [1.165, 1.54) is 12.1 Å². The van der Waals surface area contributed by atoms with Gasteiger partial charge in [-0.2, -0.15) is 0 Å². The lowest BCUT2D eigenvalue weighted by Crippen LogP contribution is -2.34. The van der Waals surface area contributed by atoms with Gasteiger partial charge >= 0.3 is 6.09 Å². The molecule has 37 heavy (non-hydrogen) atoms. The number of hydroxylamine groups is 1. The third-order valence-electron chi connectivity index (χ3n) is 4.16. The second-order valence-corrected chi connectivity index (χ2v) is 9.51. The lowest BCUT2D eigenvalue weighted by molar-refractivity contribution is 0.0168. The maximum atomic E-state index is 15.0. The van der Waals surface area contributed by atoms with Crippen molar-refractivity contribution in [2.75, 3.05) is 31.7 Å². The average molecular weight is 638 g/mol. The van der Waals surface area contributed by atoms with E-state index in [9.17, 15) is 18.4 Å². The van der Waals surface area contributed by atoms with Crippen molar-refractivity contribution < 1.29 is 42.3 Å². The molecule has 202 valence electrons. The van der Waals surface area contributed by atoms with Crippen LogP contribution in [0.1, 0.15) is 36.7 Å². The molecule has 0 unspecified atom stereocenters. The number of ether oxygens (including phenoxy) is 1. The van der Waals surface area contributed by atoms with Gasteiger partial charge in [-0.25, -0.2) is 23.4 Å². The first-order valence-corrected chi connectivity index (χ1v) is 11.9. The van der Waals surface area contributed by atoms with E-state index in [-0.39, 0.29) is 25.4 Å². The largest absolute Gasteiger partial charge is 0.444 e. The molecule has 0 aliphatic rings. The zero-order chi connectivity index (χ0) is 27.6. The van der Waals surface area contributed by atoms with E-state index in [0.29, 0.717) is 3.57 Å². The summed E-state index contributed by atoms with van der Waals surface area (Å²) in [5.74, 6) is -4.63. The van der Waals surface area contributed by atoms with E-state index in [2.05, 4.69) is 15.8 Å². The van der Waals surface area contributed by atoms with Gasteiger partial charge in [0.25, 0.3) is 5.91 Å². The standard InChI is InChI=1S/C23H26F3IN4O6/c1-23(2,3)37-22(34)28-6-8-35-29-12-13-10-15(21(33)31-36-9-7-32)20(19(26)18(13)25)30-17-5-4-14(27)11-16(17)24/h4-5,10-12,30,32H,6-9H2,1-3H3,(H,28,34)(H,31,33). The number of aliphatic hydroxyl groups excluding tert-OH is 1. The predicted molar refractivity (Wildman–Crippen MR) is 137 cm³/mol. The third-order valence-corrected chi connectivity index (χ3v) is 4.83. The molecule has 10 nitrogen and oxygen atoms in total. The summed E-state index contributed by atoms with van der Waals surface area (Å²) in [5.41, 5.74) is -0.448. The topological polar surface area (TPSA) is 131 Å². The quantitative estimate of drug-likeness (QED) is 0.127. The Bertz CT molecular complexity index is 1140. The molecule has 4 N–H and O–H groups in total. The van der Waals surface area contributed by atoms with Crippen molar-refractivity contribution in [3.05, 3.63) is 56.4 Å². The highest BCUT2D eigenvalue weighted by Crippen LogP contribution is 2.30. The van der Waals surface area contributed by atoms with Crippen LogP contribution in [-0.2, 0) is 14.4 Å². The van der Waals surface area contributed by atoms with Crippen LogP contribution in [0.3, 0.4) is 0 Å². The Balaban J connectivity index is 2.21. The molecule has 0 atom stereocenters. The number of amides is 2. The van der Waals surface area contributed by atoms with Gasteiger partial charge < -0.3 is 25.3 Å². The van der Waals surface area contributed by atoms with E-state index in [0.717, 1.165) is 18.3 Å². The number of hydrogen-bond donors (Lipinski definition) is 4. The fraction of sp³-hybridized carbons (Fsp3) is 0.348. The summed E-state index contributed by atoms with van der Waals surface area (Å²) in [6.45, 7) is 4.33. The van der Waals surface area contributed by atoms with E-state index in [1.807, 2.05) is 28.1 Å². The molecule has 0 fully saturated rings. The fourth-order valence-electron chi connectivity index (χ4n) is 2.64. The highest BCUT2D eigenvalue weighted by Gasteiger charge is 2.23. The zero-order valence-electron chi connectivity index (χ0n) is 20.2. The molecule has 0 saturated heterocycles. The fourth-order valence-corrected chi connectivity index (χ4v) is 3.10. The van der Waals surface area contributed by atoms with Crippen LogP contribution >= 0.6 is 22.6 Å². The van der Waals surface area contributed by atoms with Crippen LogP contribution in [0.4, 0.5) is 29.3 Å². The van der Waals surface area contributed by atoms with Crippen molar-refractivity contribution >= 4 is 52.2 Å². The molecule has 0 radical (unpaired) electrons. The molecular formula is C23H26F3IN4O6. The maximum absolute atomic E-state index is 15.0. The lowest BCUT2D eigenvalue weighted by atomic mass is 10.1. The number of carbonyl (C=O) groups excluding carboxylic acids is 2. The van der Waals surface area contributed by atoms with E-state index in [1.54, 1.807) is 20.8 Å². The SMILES string of the molecule is CC(C)(C)OC(=O)NCCON=Cc1cc(C(=O)NOCCO)c(Nc2ccc(I)cc2F)c(F)c1F. The van der Waals surface area contributed by atoms with E-state index >= 15 is 4.39 Å². The smallest absolute Gasteiger partial charge is 0.407 e. The normalized spacial score (nSPS) is 11.4. The van der Waals surface area contributed by atoms with Gasteiger partial charge in [0.05, 0.1) is 42.9 Å². The first-order chi connectivity index (χ1) is 17.4. The van der Waals surface area contributed by atoms with Gasteiger partial charge in [-0.3, -0.25) is 9.63 Å². The number of anilines is 2. The Labute approximate surface area is 224 Å². The molecule has 0 heterocycles. The molecule has 0 bridgehead atoms. The molecule has 2 amide bonds. The zero-order valence-corrected chi connectivity index (χ0v) is 22.3. The molecule has 14 heteroatoms. The first-order valence-electron chi connectivity index (χ1n) is 10.8. The van der Waals surface area contributed by atoms with Crippen molar-refractivity contribution in [3.8, 4) is 0 Å². The summed E-state index contributed by atoms with van der Waals surface area (Å²) in [6.07, 6.45) is 0.159. The highest BCUT2D eigenvalue weighted by molar-refractivity contribution is 14.1. The maximum Gasteiger partial charge on any atom is 0.407 e. The number of nitrogens with zero attached hydrogens (tertiary/aromatic N) is 1. The summed E-state index contributed by atoms with van der Waals surface area (Å²) in [7, 11) is 0. The van der Waals surface area contributed by atoms with Gasteiger partial charge in [0, 0.05) is 9.13 Å². The number of oxime groups is 1. The highest BCUT2D eigenvalue weighted by atomic mass is 127. The number of aliphatic hydroxyl groups is 1. The van der Waals surface area contributed by atoms with Crippen LogP contribution < -0.4 is 16.1 Å². The molecule has 0 aliphatic carbocycles. The molecule has 0 aliphatic heterocycles. The Morgan fingerprint density at radius 2 is 1.86 bits per heavy atom. The number of alkyl carbamates (subject to hydrolysis) is 1. The summed E-state index contributed by atoms with van der Waals surface area (Å²) >= 11 is 1.88. The minimum absolute atomic E-state index is 0.0172. The number of nitrogens with one attached hydrogen (secondary N) is 3. The number of hydrogen-bond acceptors (Lipinski definition) is 8. The number of rotatable bonds is 11. The molecular weight excluding hydrogens is 612 g/mol. The first kappa shape index (κ1) is 30.1. The predicted octanol–water partition coefficient (Wildman–Crippen LogP) is 3.98. The lowest BCUT2D eigenvalue weighted by Gasteiger charge is -2.19. The van der Waals surface area contributed by atoms with Gasteiger partial charge in [0.2, 0.25) is 0 Å². The Morgan fingerprint density at radius 3 is 2.51 bits per heavy atom. The molecule has 2 rings (SSSR count). The van der Waals surface area contributed by atoms with Crippen molar-refractivity contribution in [1.29, 1.82) is 0 Å². The van der Waals surface area contributed by atoms with Crippen molar-refractivity contribution in [1.82, 2.24) is 10.8 Å².